The highest BCUT2D eigenvalue weighted by Crippen LogP contribution is 2.41. The number of thioether (sulfide) groups is 1. The van der Waals surface area contributed by atoms with Crippen molar-refractivity contribution < 1.29 is 14.6 Å². The third-order valence-electron chi connectivity index (χ3n) is 6.92. The van der Waals surface area contributed by atoms with Gasteiger partial charge >= 0.3 is 0 Å². The second-order valence-electron chi connectivity index (χ2n) is 10.9. The maximum absolute atomic E-state index is 11.1. The highest BCUT2D eigenvalue weighted by atomic mass is 32.2. The zero-order chi connectivity index (χ0) is 26.2. The number of rotatable bonds is 12. The average molecular weight is 523 g/mol. The molecule has 0 bridgehead atoms. The Hall–Kier alpha value is -1.89. The van der Waals surface area contributed by atoms with E-state index in [9.17, 15) is 10.2 Å². The van der Waals surface area contributed by atoms with Crippen LogP contribution in [0.1, 0.15) is 53.9 Å². The molecule has 0 fully saturated rings. The Labute approximate surface area is 223 Å². The molecule has 0 aromatic heterocycles. The molecule has 0 spiro atoms. The second-order valence-corrected chi connectivity index (χ2v) is 16.9. The van der Waals surface area contributed by atoms with Gasteiger partial charge in [-0.3, -0.25) is 0 Å². The van der Waals surface area contributed by atoms with E-state index in [0.29, 0.717) is 13.0 Å². The minimum atomic E-state index is -2.58. The molecule has 194 valence electrons. The fourth-order valence-corrected chi connectivity index (χ4v) is 10.9. The molecule has 3 rings (SSSR count). The first-order valence-corrected chi connectivity index (χ1v) is 15.7. The van der Waals surface area contributed by atoms with Gasteiger partial charge in [-0.2, -0.15) is 0 Å². The summed E-state index contributed by atoms with van der Waals surface area (Å²) in [4.78, 5) is 1.12. The third-order valence-corrected chi connectivity index (χ3v) is 13.4. The quantitative estimate of drug-likeness (QED) is 0.173. The van der Waals surface area contributed by atoms with E-state index >= 15 is 0 Å². The molecular formula is C31H42O3SSi. The van der Waals surface area contributed by atoms with Crippen molar-refractivity contribution in [1.82, 2.24) is 0 Å². The molecule has 0 saturated carbocycles. The summed E-state index contributed by atoms with van der Waals surface area (Å²) in [6, 6.07) is 31.6. The van der Waals surface area contributed by atoms with Gasteiger partial charge in [0, 0.05) is 22.7 Å². The van der Waals surface area contributed by atoms with Crippen LogP contribution in [0.3, 0.4) is 0 Å². The lowest BCUT2D eigenvalue weighted by atomic mass is 9.94. The lowest BCUT2D eigenvalue weighted by molar-refractivity contribution is 0.0636. The topological polar surface area (TPSA) is 49.7 Å². The van der Waals surface area contributed by atoms with E-state index in [-0.39, 0.29) is 5.04 Å². The summed E-state index contributed by atoms with van der Waals surface area (Å²) >= 11 is 1.69. The molecule has 0 unspecified atom stereocenters. The van der Waals surface area contributed by atoms with E-state index in [1.165, 1.54) is 10.4 Å². The molecule has 3 aromatic carbocycles. The largest absolute Gasteiger partial charge is 0.407 e. The standard InChI is InChI=1S/C31H42O3SSi/c1-25(32)24-29(33)31(5,35-26-16-9-6-10-17-26)22-15-23-34-36(30(2,3)4,27-18-11-7-12-19-27)28-20-13-8-14-21-28/h6-14,16-21,25,29,32-33H,15,22-24H2,1-5H3/t25-,29+,31-/m0/s1. The number of hydrogen-bond acceptors (Lipinski definition) is 4. The lowest BCUT2D eigenvalue weighted by Crippen LogP contribution is -2.66. The first-order valence-electron chi connectivity index (χ1n) is 12.9. The summed E-state index contributed by atoms with van der Waals surface area (Å²) in [5.41, 5.74) is 0. The highest BCUT2D eigenvalue weighted by Gasteiger charge is 2.50. The van der Waals surface area contributed by atoms with Gasteiger partial charge in [0.25, 0.3) is 8.32 Å². The third kappa shape index (κ3) is 6.90. The monoisotopic (exact) mass is 522 g/mol. The molecule has 0 heterocycles. The van der Waals surface area contributed by atoms with Crippen LogP contribution in [-0.4, -0.2) is 42.1 Å². The van der Waals surface area contributed by atoms with E-state index in [2.05, 4.69) is 100 Å². The fraction of sp³-hybridized carbons (Fsp3) is 0.419. The summed E-state index contributed by atoms with van der Waals surface area (Å²) in [6.07, 6.45) is 0.766. The van der Waals surface area contributed by atoms with Crippen molar-refractivity contribution >= 4 is 30.5 Å². The zero-order valence-corrected chi connectivity index (χ0v) is 24.2. The number of benzene rings is 3. The van der Waals surface area contributed by atoms with Gasteiger partial charge in [0.1, 0.15) is 0 Å². The molecule has 0 aliphatic heterocycles. The van der Waals surface area contributed by atoms with Gasteiger partial charge in [0.05, 0.1) is 12.2 Å². The van der Waals surface area contributed by atoms with Crippen LogP contribution in [0.15, 0.2) is 95.9 Å². The van der Waals surface area contributed by atoms with Crippen molar-refractivity contribution in [3.05, 3.63) is 91.0 Å². The number of aliphatic hydroxyl groups excluding tert-OH is 2. The maximum Gasteiger partial charge on any atom is 0.261 e. The van der Waals surface area contributed by atoms with Gasteiger partial charge in [0.15, 0.2) is 0 Å². The summed E-state index contributed by atoms with van der Waals surface area (Å²) in [5.74, 6) is 0. The van der Waals surface area contributed by atoms with E-state index in [1.54, 1.807) is 18.7 Å². The van der Waals surface area contributed by atoms with E-state index in [0.717, 1.165) is 17.7 Å². The van der Waals surface area contributed by atoms with E-state index in [4.69, 9.17) is 4.43 Å². The predicted molar refractivity (Wildman–Crippen MR) is 156 cm³/mol. The Balaban J connectivity index is 1.85. The van der Waals surface area contributed by atoms with Gasteiger partial charge < -0.3 is 14.6 Å². The summed E-state index contributed by atoms with van der Waals surface area (Å²) in [6.45, 7) is 11.3. The zero-order valence-electron chi connectivity index (χ0n) is 22.4. The molecule has 0 aliphatic carbocycles. The van der Waals surface area contributed by atoms with Crippen LogP contribution in [0.5, 0.6) is 0 Å². The Morgan fingerprint density at radius 1 is 0.778 bits per heavy atom. The summed E-state index contributed by atoms with van der Waals surface area (Å²) < 4.78 is 6.63. The molecular weight excluding hydrogens is 480 g/mol. The first kappa shape index (κ1) is 28.7. The molecule has 36 heavy (non-hydrogen) atoms. The van der Waals surface area contributed by atoms with E-state index < -0.39 is 25.3 Å². The predicted octanol–water partition coefficient (Wildman–Crippen LogP) is 6.03. The van der Waals surface area contributed by atoms with Crippen molar-refractivity contribution in [1.29, 1.82) is 0 Å². The Morgan fingerprint density at radius 2 is 1.25 bits per heavy atom. The summed E-state index contributed by atoms with van der Waals surface area (Å²) in [5, 5.41) is 23.6. The van der Waals surface area contributed by atoms with Crippen LogP contribution in [0.4, 0.5) is 0 Å². The van der Waals surface area contributed by atoms with Crippen LogP contribution < -0.4 is 10.4 Å². The van der Waals surface area contributed by atoms with Gasteiger partial charge in [-0.25, -0.2) is 0 Å². The smallest absolute Gasteiger partial charge is 0.261 e. The van der Waals surface area contributed by atoms with Crippen LogP contribution in [0.25, 0.3) is 0 Å². The SMILES string of the molecule is C[C@H](O)C[C@@H](O)[C@](C)(CCCO[Si](c1ccccc1)(c1ccccc1)C(C)(C)C)Sc1ccccc1. The van der Waals surface area contributed by atoms with Crippen LogP contribution in [0, 0.1) is 0 Å². The minimum absolute atomic E-state index is 0.0658. The molecule has 5 heteroatoms. The first-order chi connectivity index (χ1) is 17.1. The van der Waals surface area contributed by atoms with Crippen molar-refractivity contribution in [3.8, 4) is 0 Å². The molecule has 2 N–H and O–H groups in total. The molecule has 0 amide bonds. The number of aliphatic hydroxyl groups is 2. The molecule has 3 nitrogen and oxygen atoms in total. The highest BCUT2D eigenvalue weighted by molar-refractivity contribution is 8.00. The second kappa shape index (κ2) is 12.6. The van der Waals surface area contributed by atoms with Gasteiger partial charge in [-0.1, -0.05) is 99.6 Å². The molecule has 3 atom stereocenters. The molecule has 0 saturated heterocycles. The van der Waals surface area contributed by atoms with Crippen molar-refractivity contribution in [2.75, 3.05) is 6.61 Å². The fourth-order valence-electron chi connectivity index (χ4n) is 5.03. The van der Waals surface area contributed by atoms with Gasteiger partial charge in [-0.15, -0.1) is 11.8 Å². The van der Waals surface area contributed by atoms with Crippen molar-refractivity contribution in [2.24, 2.45) is 0 Å². The Kier molecular flexibility index (Phi) is 10.0. The maximum atomic E-state index is 11.1. The van der Waals surface area contributed by atoms with Crippen molar-refractivity contribution in [2.45, 2.75) is 80.8 Å². The molecule has 0 aliphatic rings. The minimum Gasteiger partial charge on any atom is -0.407 e. The normalized spacial score (nSPS) is 15.8. The van der Waals surface area contributed by atoms with Crippen LogP contribution in [-0.2, 0) is 4.43 Å². The summed E-state index contributed by atoms with van der Waals surface area (Å²) in [7, 11) is -2.58. The van der Waals surface area contributed by atoms with Gasteiger partial charge in [-0.05, 0) is 54.2 Å². The van der Waals surface area contributed by atoms with Crippen molar-refractivity contribution in [3.63, 3.8) is 0 Å². The van der Waals surface area contributed by atoms with Gasteiger partial charge in [0.2, 0.25) is 0 Å². The van der Waals surface area contributed by atoms with Crippen LogP contribution >= 0.6 is 11.8 Å². The molecule has 3 aromatic rings. The average Bonchev–Trinajstić information content (AvgIpc) is 2.84. The number of hydrogen-bond donors (Lipinski definition) is 2. The lowest BCUT2D eigenvalue weighted by Gasteiger charge is -2.43. The Bertz CT molecular complexity index is 998. The Morgan fingerprint density at radius 3 is 1.69 bits per heavy atom. The van der Waals surface area contributed by atoms with E-state index in [1.807, 2.05) is 18.2 Å². The molecule has 0 radical (unpaired) electrons. The van der Waals surface area contributed by atoms with Crippen LogP contribution in [0.2, 0.25) is 5.04 Å².